The van der Waals surface area contributed by atoms with E-state index in [1.54, 1.807) is 0 Å². The zero-order valence-corrected chi connectivity index (χ0v) is 12.0. The van der Waals surface area contributed by atoms with Crippen LogP contribution in [0, 0.1) is 6.92 Å². The number of hydrogen-bond donors (Lipinski definition) is 2. The summed E-state index contributed by atoms with van der Waals surface area (Å²) in [4.78, 5) is 0. The molecule has 1 aromatic heterocycles. The van der Waals surface area contributed by atoms with E-state index in [4.69, 9.17) is 12.2 Å². The zero-order chi connectivity index (χ0) is 13.7. The summed E-state index contributed by atoms with van der Waals surface area (Å²) >= 11 is 5.25. The Morgan fingerprint density at radius 3 is 2.53 bits per heavy atom. The average Bonchev–Trinajstić information content (AvgIpc) is 2.73. The lowest BCUT2D eigenvalue weighted by Gasteiger charge is -2.10. The third-order valence-corrected chi connectivity index (χ3v) is 3.14. The maximum Gasteiger partial charge on any atom is 0.166 e. The molecule has 4 nitrogen and oxygen atoms in total. The molecule has 0 saturated carbocycles. The van der Waals surface area contributed by atoms with Crippen LogP contribution in [0.15, 0.2) is 36.5 Å². The van der Waals surface area contributed by atoms with Gasteiger partial charge in [-0.05, 0) is 24.7 Å². The fourth-order valence-corrected chi connectivity index (χ4v) is 1.98. The first-order chi connectivity index (χ1) is 9.15. The van der Waals surface area contributed by atoms with Gasteiger partial charge in [0.05, 0.1) is 5.69 Å². The second kappa shape index (κ2) is 6.33. The van der Waals surface area contributed by atoms with Crippen molar-refractivity contribution in [3.8, 4) is 0 Å². The van der Waals surface area contributed by atoms with E-state index in [9.17, 15) is 0 Å². The maximum atomic E-state index is 5.25. The maximum absolute atomic E-state index is 5.25. The molecule has 0 aliphatic heterocycles. The van der Waals surface area contributed by atoms with Crippen LogP contribution in [0.1, 0.15) is 16.8 Å². The van der Waals surface area contributed by atoms with Gasteiger partial charge in [-0.2, -0.15) is 5.10 Å². The van der Waals surface area contributed by atoms with E-state index in [-0.39, 0.29) is 0 Å². The van der Waals surface area contributed by atoms with Gasteiger partial charge in [0, 0.05) is 31.9 Å². The van der Waals surface area contributed by atoms with Crippen LogP contribution in [0.2, 0.25) is 0 Å². The van der Waals surface area contributed by atoms with Crippen molar-refractivity contribution in [3.05, 3.63) is 53.3 Å². The number of nitrogens with one attached hydrogen (secondary N) is 2. The van der Waals surface area contributed by atoms with E-state index in [2.05, 4.69) is 27.9 Å². The third-order valence-electron chi connectivity index (χ3n) is 2.85. The lowest BCUT2D eigenvalue weighted by molar-refractivity contribution is 0.756. The first-order valence-electron chi connectivity index (χ1n) is 6.20. The molecule has 0 saturated heterocycles. The number of rotatable bonds is 4. The minimum atomic E-state index is 0.659. The molecular formula is C14H18N4S. The van der Waals surface area contributed by atoms with E-state index < -0.39 is 0 Å². The first kappa shape index (κ1) is 13.5. The number of nitrogens with zero attached hydrogens (tertiary/aromatic N) is 2. The Morgan fingerprint density at radius 1 is 1.21 bits per heavy atom. The van der Waals surface area contributed by atoms with Gasteiger partial charge in [-0.25, -0.2) is 0 Å². The van der Waals surface area contributed by atoms with Crippen LogP contribution in [0.5, 0.6) is 0 Å². The van der Waals surface area contributed by atoms with Gasteiger partial charge in [0.2, 0.25) is 0 Å². The summed E-state index contributed by atoms with van der Waals surface area (Å²) < 4.78 is 1.81. The molecule has 1 aromatic carbocycles. The van der Waals surface area contributed by atoms with Crippen LogP contribution in [-0.4, -0.2) is 14.9 Å². The Labute approximate surface area is 118 Å². The molecule has 0 atom stereocenters. The Kier molecular flexibility index (Phi) is 4.52. The van der Waals surface area contributed by atoms with Crippen molar-refractivity contribution in [1.29, 1.82) is 0 Å². The van der Waals surface area contributed by atoms with Gasteiger partial charge in [0.25, 0.3) is 0 Å². The van der Waals surface area contributed by atoms with Crippen molar-refractivity contribution in [2.75, 3.05) is 0 Å². The van der Waals surface area contributed by atoms with E-state index in [1.165, 1.54) is 5.56 Å². The van der Waals surface area contributed by atoms with Gasteiger partial charge < -0.3 is 10.6 Å². The number of thiocarbonyl (C=S) groups is 1. The normalized spacial score (nSPS) is 10.2. The summed E-state index contributed by atoms with van der Waals surface area (Å²) in [5, 5.41) is 11.3. The molecule has 0 bridgehead atoms. The van der Waals surface area contributed by atoms with Crippen LogP contribution in [-0.2, 0) is 20.1 Å². The minimum absolute atomic E-state index is 0.659. The van der Waals surface area contributed by atoms with Gasteiger partial charge in [0.1, 0.15) is 0 Å². The number of benzene rings is 1. The Morgan fingerprint density at radius 2 is 1.89 bits per heavy atom. The summed E-state index contributed by atoms with van der Waals surface area (Å²) in [6.45, 7) is 3.43. The topological polar surface area (TPSA) is 41.9 Å². The SMILES string of the molecule is Cc1nn(C)cc1CNC(=S)NCc1ccccc1. The van der Waals surface area contributed by atoms with Gasteiger partial charge in [-0.3, -0.25) is 4.68 Å². The predicted octanol–water partition coefficient (Wildman–Crippen LogP) is 1.89. The van der Waals surface area contributed by atoms with Crippen molar-refractivity contribution >= 4 is 17.3 Å². The lowest BCUT2D eigenvalue weighted by Crippen LogP contribution is -2.34. The Bertz CT molecular complexity index is 548. The Hall–Kier alpha value is -1.88. The van der Waals surface area contributed by atoms with Crippen LogP contribution < -0.4 is 10.6 Å². The molecule has 0 fully saturated rings. The molecule has 2 N–H and O–H groups in total. The summed E-state index contributed by atoms with van der Waals surface area (Å²) in [6.07, 6.45) is 2.00. The molecule has 0 amide bonds. The summed E-state index contributed by atoms with van der Waals surface area (Å²) in [6, 6.07) is 10.2. The van der Waals surface area contributed by atoms with E-state index in [0.29, 0.717) is 11.7 Å². The first-order valence-corrected chi connectivity index (χ1v) is 6.60. The molecule has 0 unspecified atom stereocenters. The molecule has 100 valence electrons. The molecule has 2 aromatic rings. The van der Waals surface area contributed by atoms with Gasteiger partial charge >= 0.3 is 0 Å². The fourth-order valence-electron chi connectivity index (χ4n) is 1.84. The molecule has 5 heteroatoms. The molecule has 0 aliphatic rings. The summed E-state index contributed by atoms with van der Waals surface area (Å²) in [7, 11) is 1.92. The quantitative estimate of drug-likeness (QED) is 0.836. The highest BCUT2D eigenvalue weighted by atomic mass is 32.1. The van der Waals surface area contributed by atoms with Crippen molar-refractivity contribution in [1.82, 2.24) is 20.4 Å². The van der Waals surface area contributed by atoms with Crippen LogP contribution in [0.3, 0.4) is 0 Å². The highest BCUT2D eigenvalue weighted by molar-refractivity contribution is 7.80. The number of aryl methyl sites for hydroxylation is 2. The molecule has 19 heavy (non-hydrogen) atoms. The van der Waals surface area contributed by atoms with Gasteiger partial charge in [-0.1, -0.05) is 30.3 Å². The standard InChI is InChI=1S/C14H18N4S/c1-11-13(10-18(2)17-11)9-16-14(19)15-8-12-6-4-3-5-7-12/h3-7,10H,8-9H2,1-2H3,(H2,15,16,19). The molecule has 0 spiro atoms. The minimum Gasteiger partial charge on any atom is -0.359 e. The van der Waals surface area contributed by atoms with Crippen LogP contribution in [0.4, 0.5) is 0 Å². The number of hydrogen-bond acceptors (Lipinski definition) is 2. The van der Waals surface area contributed by atoms with E-state index >= 15 is 0 Å². The van der Waals surface area contributed by atoms with Gasteiger partial charge in [0.15, 0.2) is 5.11 Å². The lowest BCUT2D eigenvalue weighted by atomic mass is 10.2. The molecule has 2 rings (SSSR count). The molecular weight excluding hydrogens is 256 g/mol. The average molecular weight is 274 g/mol. The second-order valence-corrected chi connectivity index (χ2v) is 4.84. The smallest absolute Gasteiger partial charge is 0.166 e. The van der Waals surface area contributed by atoms with Gasteiger partial charge in [-0.15, -0.1) is 0 Å². The summed E-state index contributed by atoms with van der Waals surface area (Å²) in [5.41, 5.74) is 3.40. The number of aromatic nitrogens is 2. The second-order valence-electron chi connectivity index (χ2n) is 4.44. The highest BCUT2D eigenvalue weighted by Gasteiger charge is 2.03. The zero-order valence-electron chi connectivity index (χ0n) is 11.2. The van der Waals surface area contributed by atoms with Crippen molar-refractivity contribution in [2.24, 2.45) is 7.05 Å². The largest absolute Gasteiger partial charge is 0.359 e. The van der Waals surface area contributed by atoms with Crippen molar-refractivity contribution in [3.63, 3.8) is 0 Å². The molecule has 1 heterocycles. The summed E-state index contributed by atoms with van der Waals surface area (Å²) in [5.74, 6) is 0. The van der Waals surface area contributed by atoms with Crippen LogP contribution in [0.25, 0.3) is 0 Å². The van der Waals surface area contributed by atoms with Crippen molar-refractivity contribution in [2.45, 2.75) is 20.0 Å². The molecule has 0 aliphatic carbocycles. The Balaban J connectivity index is 1.77. The van der Waals surface area contributed by atoms with Crippen molar-refractivity contribution < 1.29 is 0 Å². The van der Waals surface area contributed by atoms with E-state index in [1.807, 2.05) is 43.0 Å². The predicted molar refractivity (Wildman–Crippen MR) is 80.7 cm³/mol. The monoisotopic (exact) mass is 274 g/mol. The third kappa shape index (κ3) is 4.06. The van der Waals surface area contributed by atoms with E-state index in [0.717, 1.165) is 17.8 Å². The fraction of sp³-hybridized carbons (Fsp3) is 0.286. The van der Waals surface area contributed by atoms with Crippen LogP contribution >= 0.6 is 12.2 Å². The molecule has 0 radical (unpaired) electrons. The highest BCUT2D eigenvalue weighted by Crippen LogP contribution is 2.03.